The molecule has 3 aromatic rings. The standard InChI is InChI=1S/C19H15NO4/c21-19(22)15-9-10-18(20-12-15)24-17-8-4-7-16(11-17)23-13-14-5-2-1-3-6-14/h1-12H,13H2,(H,21,22). The summed E-state index contributed by atoms with van der Waals surface area (Å²) in [7, 11) is 0. The van der Waals surface area contributed by atoms with Gasteiger partial charge in [0.1, 0.15) is 18.1 Å². The van der Waals surface area contributed by atoms with Gasteiger partial charge in [0.15, 0.2) is 0 Å². The molecule has 0 saturated heterocycles. The Morgan fingerprint density at radius 1 is 0.958 bits per heavy atom. The van der Waals surface area contributed by atoms with E-state index in [-0.39, 0.29) is 5.56 Å². The Kier molecular flexibility index (Phi) is 4.72. The Hall–Kier alpha value is -3.34. The third-order valence-corrected chi connectivity index (χ3v) is 3.26. The highest BCUT2D eigenvalue weighted by atomic mass is 16.5. The molecule has 120 valence electrons. The highest BCUT2D eigenvalue weighted by Gasteiger charge is 2.05. The summed E-state index contributed by atoms with van der Waals surface area (Å²) in [6.07, 6.45) is 1.26. The van der Waals surface area contributed by atoms with Gasteiger partial charge in [-0.05, 0) is 23.8 Å². The number of aromatic carboxylic acids is 1. The first-order valence-electron chi connectivity index (χ1n) is 7.35. The molecule has 0 unspecified atom stereocenters. The molecule has 24 heavy (non-hydrogen) atoms. The second-order valence-electron chi connectivity index (χ2n) is 5.04. The van der Waals surface area contributed by atoms with Crippen molar-refractivity contribution >= 4 is 5.97 Å². The third kappa shape index (κ3) is 4.10. The van der Waals surface area contributed by atoms with Crippen molar-refractivity contribution in [1.82, 2.24) is 4.98 Å². The molecule has 0 fully saturated rings. The largest absolute Gasteiger partial charge is 0.489 e. The van der Waals surface area contributed by atoms with Crippen LogP contribution in [-0.2, 0) is 6.61 Å². The molecule has 1 aromatic heterocycles. The fraction of sp³-hybridized carbons (Fsp3) is 0.0526. The number of hydrogen-bond acceptors (Lipinski definition) is 4. The third-order valence-electron chi connectivity index (χ3n) is 3.26. The molecule has 0 saturated carbocycles. The molecular weight excluding hydrogens is 306 g/mol. The van der Waals surface area contributed by atoms with E-state index < -0.39 is 5.97 Å². The van der Waals surface area contributed by atoms with Gasteiger partial charge in [-0.3, -0.25) is 0 Å². The lowest BCUT2D eigenvalue weighted by atomic mass is 10.2. The summed E-state index contributed by atoms with van der Waals surface area (Å²) >= 11 is 0. The topological polar surface area (TPSA) is 68.7 Å². The Morgan fingerprint density at radius 2 is 1.75 bits per heavy atom. The van der Waals surface area contributed by atoms with Crippen molar-refractivity contribution in [3.8, 4) is 17.4 Å². The van der Waals surface area contributed by atoms with E-state index in [9.17, 15) is 4.79 Å². The minimum atomic E-state index is -1.02. The summed E-state index contributed by atoms with van der Waals surface area (Å²) in [6, 6.07) is 20.0. The molecule has 5 heteroatoms. The van der Waals surface area contributed by atoms with Crippen molar-refractivity contribution in [3.63, 3.8) is 0 Å². The van der Waals surface area contributed by atoms with Gasteiger partial charge in [-0.1, -0.05) is 36.4 Å². The van der Waals surface area contributed by atoms with Gasteiger partial charge in [-0.2, -0.15) is 0 Å². The van der Waals surface area contributed by atoms with E-state index in [1.165, 1.54) is 18.3 Å². The second kappa shape index (κ2) is 7.28. The average molecular weight is 321 g/mol. The highest BCUT2D eigenvalue weighted by Crippen LogP contribution is 2.24. The first-order chi connectivity index (χ1) is 11.7. The van der Waals surface area contributed by atoms with E-state index in [0.717, 1.165) is 5.56 Å². The fourth-order valence-corrected chi connectivity index (χ4v) is 2.06. The molecule has 1 heterocycles. The lowest BCUT2D eigenvalue weighted by Crippen LogP contribution is -1.98. The van der Waals surface area contributed by atoms with Crippen LogP contribution in [-0.4, -0.2) is 16.1 Å². The maximum Gasteiger partial charge on any atom is 0.337 e. The summed E-state index contributed by atoms with van der Waals surface area (Å²) in [6.45, 7) is 0.468. The van der Waals surface area contributed by atoms with E-state index in [2.05, 4.69) is 4.98 Å². The summed E-state index contributed by atoms with van der Waals surface area (Å²) in [5.74, 6) is 0.542. The molecule has 0 atom stereocenters. The van der Waals surface area contributed by atoms with Crippen LogP contribution >= 0.6 is 0 Å². The smallest absolute Gasteiger partial charge is 0.337 e. The molecule has 0 bridgehead atoms. The van der Waals surface area contributed by atoms with Crippen LogP contribution < -0.4 is 9.47 Å². The van der Waals surface area contributed by atoms with Gasteiger partial charge in [0.2, 0.25) is 5.88 Å². The number of aromatic nitrogens is 1. The molecule has 3 rings (SSSR count). The van der Waals surface area contributed by atoms with Crippen LogP contribution in [0.15, 0.2) is 72.9 Å². The summed E-state index contributed by atoms with van der Waals surface area (Å²) < 4.78 is 11.4. The number of carbonyl (C=O) groups is 1. The number of hydrogen-bond donors (Lipinski definition) is 1. The van der Waals surface area contributed by atoms with Crippen LogP contribution in [0.3, 0.4) is 0 Å². The number of nitrogens with zero attached hydrogens (tertiary/aromatic N) is 1. The molecule has 1 N–H and O–H groups in total. The van der Waals surface area contributed by atoms with Crippen molar-refractivity contribution < 1.29 is 19.4 Å². The molecule has 0 amide bonds. The zero-order valence-corrected chi connectivity index (χ0v) is 12.8. The second-order valence-corrected chi connectivity index (χ2v) is 5.04. The lowest BCUT2D eigenvalue weighted by molar-refractivity contribution is 0.0696. The van der Waals surface area contributed by atoms with Gasteiger partial charge >= 0.3 is 5.97 Å². The average Bonchev–Trinajstić information content (AvgIpc) is 2.62. The van der Waals surface area contributed by atoms with E-state index >= 15 is 0 Å². The summed E-state index contributed by atoms with van der Waals surface area (Å²) in [5.41, 5.74) is 1.19. The Labute approximate surface area is 139 Å². The molecule has 0 aliphatic rings. The summed E-state index contributed by atoms with van der Waals surface area (Å²) in [5, 5.41) is 8.86. The SMILES string of the molecule is O=C(O)c1ccc(Oc2cccc(OCc3ccccc3)c2)nc1. The minimum Gasteiger partial charge on any atom is -0.489 e. The van der Waals surface area contributed by atoms with Crippen LogP contribution in [0.1, 0.15) is 15.9 Å². The van der Waals surface area contributed by atoms with Gasteiger partial charge in [-0.15, -0.1) is 0 Å². The van der Waals surface area contributed by atoms with Crippen LogP contribution in [0, 0.1) is 0 Å². The van der Waals surface area contributed by atoms with Gasteiger partial charge < -0.3 is 14.6 Å². The normalized spacial score (nSPS) is 10.2. The molecule has 0 aliphatic heterocycles. The maximum atomic E-state index is 10.8. The molecule has 5 nitrogen and oxygen atoms in total. The number of rotatable bonds is 6. The van der Waals surface area contributed by atoms with Crippen LogP contribution in [0.4, 0.5) is 0 Å². The van der Waals surface area contributed by atoms with Crippen molar-refractivity contribution in [2.45, 2.75) is 6.61 Å². The van der Waals surface area contributed by atoms with Gasteiger partial charge in [-0.25, -0.2) is 9.78 Å². The van der Waals surface area contributed by atoms with Crippen molar-refractivity contribution in [3.05, 3.63) is 84.1 Å². The maximum absolute atomic E-state index is 10.8. The zero-order chi connectivity index (χ0) is 16.8. The number of carboxylic acid groups (broad SMARTS) is 1. The Bertz CT molecular complexity index is 816. The highest BCUT2D eigenvalue weighted by molar-refractivity contribution is 5.87. The van der Waals surface area contributed by atoms with Gasteiger partial charge in [0, 0.05) is 18.3 Å². The molecule has 0 radical (unpaired) electrons. The predicted molar refractivity (Wildman–Crippen MR) is 88.5 cm³/mol. The van der Waals surface area contributed by atoms with Crippen molar-refractivity contribution in [1.29, 1.82) is 0 Å². The first kappa shape index (κ1) is 15.6. The lowest BCUT2D eigenvalue weighted by Gasteiger charge is -2.09. The van der Waals surface area contributed by atoms with E-state index in [1.54, 1.807) is 12.1 Å². The Balaban J connectivity index is 1.65. The number of benzene rings is 2. The molecule has 2 aromatic carbocycles. The van der Waals surface area contributed by atoms with Crippen molar-refractivity contribution in [2.24, 2.45) is 0 Å². The first-order valence-corrected chi connectivity index (χ1v) is 7.35. The monoisotopic (exact) mass is 321 g/mol. The van der Waals surface area contributed by atoms with Gasteiger partial charge in [0.05, 0.1) is 5.56 Å². The number of ether oxygens (including phenoxy) is 2. The molecular formula is C19H15NO4. The van der Waals surface area contributed by atoms with Crippen LogP contribution in [0.5, 0.6) is 17.4 Å². The zero-order valence-electron chi connectivity index (χ0n) is 12.8. The van der Waals surface area contributed by atoms with Gasteiger partial charge in [0.25, 0.3) is 0 Å². The van der Waals surface area contributed by atoms with Crippen LogP contribution in [0.25, 0.3) is 0 Å². The van der Waals surface area contributed by atoms with E-state index in [0.29, 0.717) is 24.0 Å². The van der Waals surface area contributed by atoms with E-state index in [4.69, 9.17) is 14.6 Å². The quantitative estimate of drug-likeness (QED) is 0.738. The summed E-state index contributed by atoms with van der Waals surface area (Å²) in [4.78, 5) is 14.8. The Morgan fingerprint density at radius 3 is 2.46 bits per heavy atom. The minimum absolute atomic E-state index is 0.113. The molecule has 0 aliphatic carbocycles. The number of pyridine rings is 1. The van der Waals surface area contributed by atoms with E-state index in [1.807, 2.05) is 42.5 Å². The van der Waals surface area contributed by atoms with Crippen LogP contribution in [0.2, 0.25) is 0 Å². The number of carboxylic acids is 1. The molecule has 0 spiro atoms. The van der Waals surface area contributed by atoms with Crippen molar-refractivity contribution in [2.75, 3.05) is 0 Å². The predicted octanol–water partition coefficient (Wildman–Crippen LogP) is 4.15. The fourth-order valence-electron chi connectivity index (χ4n) is 2.06.